The summed E-state index contributed by atoms with van der Waals surface area (Å²) in [5.41, 5.74) is 1.14. The number of carbonyl (C=O) groups is 2. The van der Waals surface area contributed by atoms with Gasteiger partial charge in [0.05, 0.1) is 11.3 Å². The van der Waals surface area contributed by atoms with Crippen molar-refractivity contribution in [3.05, 3.63) is 52.0 Å². The van der Waals surface area contributed by atoms with Crippen LogP contribution in [0.3, 0.4) is 0 Å². The molecule has 0 atom stereocenters. The van der Waals surface area contributed by atoms with E-state index in [-0.39, 0.29) is 17.1 Å². The summed E-state index contributed by atoms with van der Waals surface area (Å²) >= 11 is 1.12. The Bertz CT molecular complexity index is 1140. The number of hydrogen-bond donors (Lipinski definition) is 1. The maximum atomic E-state index is 13.1. The number of thiophene rings is 1. The summed E-state index contributed by atoms with van der Waals surface area (Å²) in [7, 11) is 0. The van der Waals surface area contributed by atoms with Gasteiger partial charge in [0, 0.05) is 16.8 Å². The Labute approximate surface area is 161 Å². The van der Waals surface area contributed by atoms with Crippen LogP contribution in [0.5, 0.6) is 0 Å². The maximum absolute atomic E-state index is 13.1. The number of halogens is 3. The van der Waals surface area contributed by atoms with Crippen LogP contribution in [0.25, 0.3) is 10.2 Å². The number of anilines is 2. The molecule has 4 rings (SSSR count). The monoisotopic (exact) mass is 405 g/mol. The molecule has 9 heteroatoms. The molecule has 0 fully saturated rings. The molecule has 2 amide bonds. The number of fused-ring (bicyclic) bond motifs is 3. The summed E-state index contributed by atoms with van der Waals surface area (Å²) in [6.45, 7) is 3.31. The van der Waals surface area contributed by atoms with E-state index in [2.05, 4.69) is 10.3 Å². The largest absolute Gasteiger partial charge is 0.416 e. The minimum Gasteiger partial charge on any atom is -0.323 e. The number of aromatic nitrogens is 1. The van der Waals surface area contributed by atoms with Crippen LogP contribution in [0.1, 0.15) is 26.5 Å². The number of aryl methyl sites for hydroxylation is 2. The number of carbonyl (C=O) groups excluding carboxylic acids is 2. The highest BCUT2D eigenvalue weighted by Gasteiger charge is 2.34. The standard InChI is InChI=1S/C19H14F3N3O2S/c1-9-6-10(2)23-17-14(9)15-16(28-17)18(27)25(8-13(26)24-15)12-5-3-4-11(7-12)19(20,21)22/h3-7H,8H2,1-2H3,(H,24,26). The number of hydrogen-bond acceptors (Lipinski definition) is 4. The van der Waals surface area contributed by atoms with Gasteiger partial charge in [-0.2, -0.15) is 13.2 Å². The average molecular weight is 405 g/mol. The minimum absolute atomic E-state index is 0.0149. The molecule has 0 saturated carbocycles. The van der Waals surface area contributed by atoms with Crippen LogP contribution in [0, 0.1) is 13.8 Å². The first-order chi connectivity index (χ1) is 13.1. The van der Waals surface area contributed by atoms with Gasteiger partial charge in [-0.25, -0.2) is 4.98 Å². The lowest BCUT2D eigenvalue weighted by atomic mass is 10.1. The molecule has 3 aromatic rings. The van der Waals surface area contributed by atoms with Crippen LogP contribution in [0.4, 0.5) is 24.5 Å². The van der Waals surface area contributed by atoms with Crippen LogP contribution in [-0.4, -0.2) is 23.3 Å². The van der Waals surface area contributed by atoms with E-state index in [0.717, 1.165) is 39.6 Å². The molecule has 0 spiro atoms. The highest BCUT2D eigenvalue weighted by atomic mass is 32.1. The fourth-order valence-corrected chi connectivity index (χ4v) is 4.49. The molecular formula is C19H14F3N3O2S. The lowest BCUT2D eigenvalue weighted by molar-refractivity contribution is -0.137. The summed E-state index contributed by atoms with van der Waals surface area (Å²) in [6.07, 6.45) is -4.55. The molecule has 0 radical (unpaired) electrons. The van der Waals surface area contributed by atoms with Crippen molar-refractivity contribution in [3.8, 4) is 0 Å². The first kappa shape index (κ1) is 18.4. The second-order valence-corrected chi connectivity index (χ2v) is 7.55. The second-order valence-electron chi connectivity index (χ2n) is 6.55. The third-order valence-electron chi connectivity index (χ3n) is 4.48. The molecule has 1 aliphatic heterocycles. The number of benzene rings is 1. The molecule has 28 heavy (non-hydrogen) atoms. The van der Waals surface area contributed by atoms with Gasteiger partial charge in [0.2, 0.25) is 5.91 Å². The highest BCUT2D eigenvalue weighted by Crippen LogP contribution is 2.40. The lowest BCUT2D eigenvalue weighted by Crippen LogP contribution is -2.35. The van der Waals surface area contributed by atoms with Crippen LogP contribution < -0.4 is 10.2 Å². The molecule has 0 saturated heterocycles. The summed E-state index contributed by atoms with van der Waals surface area (Å²) in [5.74, 6) is -1.02. The predicted octanol–water partition coefficient (Wildman–Crippen LogP) is 4.53. The summed E-state index contributed by atoms with van der Waals surface area (Å²) in [6, 6.07) is 6.24. The molecule has 5 nitrogen and oxygen atoms in total. The normalized spacial score (nSPS) is 14.8. The van der Waals surface area contributed by atoms with E-state index in [0.29, 0.717) is 15.9 Å². The maximum Gasteiger partial charge on any atom is 0.416 e. The zero-order valence-electron chi connectivity index (χ0n) is 14.8. The van der Waals surface area contributed by atoms with Crippen molar-refractivity contribution in [1.82, 2.24) is 4.98 Å². The number of rotatable bonds is 1. The van der Waals surface area contributed by atoms with Gasteiger partial charge in [-0.1, -0.05) is 6.07 Å². The Morgan fingerprint density at radius 3 is 2.64 bits per heavy atom. The van der Waals surface area contributed by atoms with Crippen LogP contribution in [0.15, 0.2) is 30.3 Å². The Hall–Kier alpha value is -2.94. The number of amides is 2. The molecule has 2 aromatic heterocycles. The number of nitrogens with one attached hydrogen (secondary N) is 1. The van der Waals surface area contributed by atoms with Crippen molar-refractivity contribution < 1.29 is 22.8 Å². The highest BCUT2D eigenvalue weighted by molar-refractivity contribution is 7.21. The molecule has 1 aromatic carbocycles. The van der Waals surface area contributed by atoms with Crippen molar-refractivity contribution in [1.29, 1.82) is 0 Å². The van der Waals surface area contributed by atoms with E-state index in [1.165, 1.54) is 12.1 Å². The second kappa shape index (κ2) is 6.30. The van der Waals surface area contributed by atoms with Crippen molar-refractivity contribution in [2.75, 3.05) is 16.8 Å². The van der Waals surface area contributed by atoms with Gasteiger partial charge in [-0.3, -0.25) is 14.5 Å². The van der Waals surface area contributed by atoms with Crippen molar-refractivity contribution >= 4 is 44.7 Å². The molecule has 144 valence electrons. The lowest BCUT2D eigenvalue weighted by Gasteiger charge is -2.20. The predicted molar refractivity (Wildman–Crippen MR) is 101 cm³/mol. The summed E-state index contributed by atoms with van der Waals surface area (Å²) in [4.78, 5) is 31.9. The zero-order valence-corrected chi connectivity index (χ0v) is 15.7. The van der Waals surface area contributed by atoms with E-state index in [4.69, 9.17) is 0 Å². The molecule has 0 unspecified atom stereocenters. The smallest absolute Gasteiger partial charge is 0.323 e. The molecule has 0 bridgehead atoms. The SMILES string of the molecule is Cc1cc(C)c2c3c(sc2n1)C(=O)N(c1cccc(C(F)(F)F)c1)CC(=O)N3. The van der Waals surface area contributed by atoms with Gasteiger partial charge in [0.15, 0.2) is 0 Å². The van der Waals surface area contributed by atoms with E-state index in [9.17, 15) is 22.8 Å². The Kier molecular flexibility index (Phi) is 4.15. The van der Waals surface area contributed by atoms with E-state index < -0.39 is 23.6 Å². The number of nitrogens with zero attached hydrogens (tertiary/aromatic N) is 2. The Balaban J connectivity index is 1.87. The first-order valence-electron chi connectivity index (χ1n) is 8.35. The Morgan fingerprint density at radius 1 is 1.18 bits per heavy atom. The van der Waals surface area contributed by atoms with E-state index in [1.807, 2.05) is 19.9 Å². The van der Waals surface area contributed by atoms with Gasteiger partial charge in [0.1, 0.15) is 16.3 Å². The van der Waals surface area contributed by atoms with Crippen LogP contribution in [-0.2, 0) is 11.0 Å². The Morgan fingerprint density at radius 2 is 1.93 bits per heavy atom. The molecule has 0 aliphatic carbocycles. The van der Waals surface area contributed by atoms with Crippen molar-refractivity contribution in [3.63, 3.8) is 0 Å². The first-order valence-corrected chi connectivity index (χ1v) is 9.16. The molecule has 3 heterocycles. The third-order valence-corrected chi connectivity index (χ3v) is 5.55. The average Bonchev–Trinajstić information content (AvgIpc) is 2.91. The van der Waals surface area contributed by atoms with Crippen LogP contribution >= 0.6 is 11.3 Å². The van der Waals surface area contributed by atoms with Crippen LogP contribution in [0.2, 0.25) is 0 Å². The van der Waals surface area contributed by atoms with Gasteiger partial charge in [-0.15, -0.1) is 11.3 Å². The van der Waals surface area contributed by atoms with Gasteiger partial charge >= 0.3 is 6.18 Å². The topological polar surface area (TPSA) is 62.3 Å². The van der Waals surface area contributed by atoms with Gasteiger partial charge < -0.3 is 5.32 Å². The quantitative estimate of drug-likeness (QED) is 0.647. The summed E-state index contributed by atoms with van der Waals surface area (Å²) in [5, 5.41) is 3.41. The fourth-order valence-electron chi connectivity index (χ4n) is 3.29. The fraction of sp³-hybridized carbons (Fsp3) is 0.211. The zero-order chi connectivity index (χ0) is 20.2. The molecule has 1 aliphatic rings. The summed E-state index contributed by atoms with van der Waals surface area (Å²) < 4.78 is 39.2. The van der Waals surface area contributed by atoms with Gasteiger partial charge in [-0.05, 0) is 43.7 Å². The van der Waals surface area contributed by atoms with Gasteiger partial charge in [0.25, 0.3) is 5.91 Å². The van der Waals surface area contributed by atoms with E-state index in [1.54, 1.807) is 0 Å². The van der Waals surface area contributed by atoms with Crippen molar-refractivity contribution in [2.45, 2.75) is 20.0 Å². The van der Waals surface area contributed by atoms with E-state index >= 15 is 0 Å². The number of alkyl halides is 3. The molecular weight excluding hydrogens is 391 g/mol. The van der Waals surface area contributed by atoms with Crippen molar-refractivity contribution in [2.24, 2.45) is 0 Å². The molecule has 1 N–H and O–H groups in total. The minimum atomic E-state index is -4.55. The number of pyridine rings is 1. The third kappa shape index (κ3) is 3.01.